The SMILES string of the molecule is N=C(O)CCN(CCO)c1nc(=Nc2ccc(/C=C/c3ccc(N=c4nc(N(CCO)CCC(=N)O)[nH]c(=Nc5cc(S(=O)(=O)O)ccc5S(=O)(=O)O)[nH]4)cc3S(=O)(=O)O)c(S(=O)(=O)O)c2)[nH]c(=Nc2cc(S(=O)(=O)O)ccc2S(=O)(=O)O)[nH]1. The molecular formula is C42H46N14O22S6. The first kappa shape index (κ1) is 64.9. The number of H-pyrrole nitrogens is 4. The molecule has 36 nitrogen and oxygen atoms in total. The summed E-state index contributed by atoms with van der Waals surface area (Å²) in [6, 6.07) is 9.57. The van der Waals surface area contributed by atoms with E-state index in [4.69, 9.17) is 10.8 Å². The molecule has 4 aromatic carbocycles. The highest BCUT2D eigenvalue weighted by Gasteiger charge is 2.23. The first-order valence-electron chi connectivity index (χ1n) is 22.9. The van der Waals surface area contributed by atoms with E-state index in [2.05, 4.69) is 49.9 Å². The van der Waals surface area contributed by atoms with Gasteiger partial charge >= 0.3 is 0 Å². The van der Waals surface area contributed by atoms with Crippen LogP contribution in [0.4, 0.5) is 34.6 Å². The number of aromatic amines is 4. The van der Waals surface area contributed by atoms with Crippen LogP contribution in [-0.2, 0) is 60.7 Å². The number of benzene rings is 4. The molecule has 2 heterocycles. The van der Waals surface area contributed by atoms with E-state index in [1.807, 2.05) is 0 Å². The van der Waals surface area contributed by atoms with Crippen LogP contribution in [0.5, 0.6) is 0 Å². The molecule has 0 atom stereocenters. The van der Waals surface area contributed by atoms with Crippen molar-refractivity contribution in [1.29, 1.82) is 10.8 Å². The minimum absolute atomic E-state index is 0.237. The number of aromatic nitrogens is 6. The molecule has 0 aliphatic rings. The van der Waals surface area contributed by atoms with Gasteiger partial charge < -0.3 is 30.2 Å². The largest absolute Gasteiger partial charge is 0.497 e. The van der Waals surface area contributed by atoms with Crippen molar-refractivity contribution in [3.8, 4) is 0 Å². The zero-order chi connectivity index (χ0) is 62.3. The van der Waals surface area contributed by atoms with Gasteiger partial charge in [-0.1, -0.05) is 24.3 Å². The molecule has 0 fully saturated rings. The molecular weight excluding hydrogens is 1240 g/mol. The molecule has 16 N–H and O–H groups in total. The lowest BCUT2D eigenvalue weighted by atomic mass is 10.1. The Balaban J connectivity index is 1.51. The highest BCUT2D eigenvalue weighted by Crippen LogP contribution is 2.30. The summed E-state index contributed by atoms with van der Waals surface area (Å²) >= 11 is 0. The van der Waals surface area contributed by atoms with Gasteiger partial charge in [0.05, 0.1) is 45.8 Å². The van der Waals surface area contributed by atoms with Crippen molar-refractivity contribution in [2.24, 2.45) is 20.0 Å². The second-order valence-electron chi connectivity index (χ2n) is 16.9. The first-order chi connectivity index (χ1) is 38.9. The van der Waals surface area contributed by atoms with Gasteiger partial charge in [-0.05, 0) is 71.8 Å². The van der Waals surface area contributed by atoms with Gasteiger partial charge in [-0.3, -0.25) is 58.1 Å². The van der Waals surface area contributed by atoms with E-state index >= 15 is 0 Å². The Morgan fingerprint density at radius 2 is 0.798 bits per heavy atom. The highest BCUT2D eigenvalue weighted by molar-refractivity contribution is 7.87. The predicted octanol–water partition coefficient (Wildman–Crippen LogP) is -0.183. The molecule has 0 bridgehead atoms. The van der Waals surface area contributed by atoms with Gasteiger partial charge in [-0.25, -0.2) is 20.0 Å². The summed E-state index contributed by atoms with van der Waals surface area (Å²) in [5.41, 5.74) is -5.17. The van der Waals surface area contributed by atoms with Gasteiger partial charge in [-0.15, -0.1) is 0 Å². The van der Waals surface area contributed by atoms with Gasteiger partial charge in [0.1, 0.15) is 19.6 Å². The van der Waals surface area contributed by atoms with Crippen molar-refractivity contribution < 1.29 is 98.2 Å². The summed E-state index contributed by atoms with van der Waals surface area (Å²) in [6.07, 6.45) is 1.29. The summed E-state index contributed by atoms with van der Waals surface area (Å²) < 4.78 is 208. The molecule has 0 amide bonds. The Hall–Kier alpha value is -8.24. The third-order valence-electron chi connectivity index (χ3n) is 10.9. The maximum atomic E-state index is 12.9. The monoisotopic (exact) mass is 1290 g/mol. The molecule has 6 aromatic rings. The van der Waals surface area contributed by atoms with Crippen molar-refractivity contribution in [2.75, 3.05) is 49.2 Å². The number of rotatable bonds is 24. The molecule has 0 saturated heterocycles. The van der Waals surface area contributed by atoms with Gasteiger partial charge in [0.15, 0.2) is 11.8 Å². The molecule has 452 valence electrons. The molecule has 0 unspecified atom stereocenters. The fourth-order valence-electron chi connectivity index (χ4n) is 7.18. The lowest BCUT2D eigenvalue weighted by Gasteiger charge is -2.21. The van der Waals surface area contributed by atoms with Crippen LogP contribution in [0.1, 0.15) is 24.0 Å². The summed E-state index contributed by atoms with van der Waals surface area (Å²) in [5.74, 6) is -2.21. The fraction of sp³-hybridized carbons (Fsp3) is 0.190. The molecule has 0 radical (unpaired) electrons. The van der Waals surface area contributed by atoms with E-state index in [9.17, 15) is 98.2 Å². The number of nitrogens with one attached hydrogen (secondary N) is 6. The number of anilines is 2. The van der Waals surface area contributed by atoms with Crippen molar-refractivity contribution in [1.82, 2.24) is 29.9 Å². The lowest BCUT2D eigenvalue weighted by Crippen LogP contribution is -2.36. The van der Waals surface area contributed by atoms with Gasteiger partial charge in [0.25, 0.3) is 60.7 Å². The van der Waals surface area contributed by atoms with Crippen molar-refractivity contribution in [3.63, 3.8) is 0 Å². The Kier molecular flexibility index (Phi) is 19.9. The number of aliphatic hydroxyl groups excluding tert-OH is 4. The van der Waals surface area contributed by atoms with Crippen LogP contribution in [0.15, 0.2) is 122 Å². The molecule has 0 aliphatic carbocycles. The van der Waals surface area contributed by atoms with E-state index < -0.39 is 149 Å². The molecule has 0 saturated carbocycles. The Bertz CT molecular complexity index is 4350. The van der Waals surface area contributed by atoms with E-state index in [1.54, 1.807) is 0 Å². The second kappa shape index (κ2) is 25.7. The van der Waals surface area contributed by atoms with Gasteiger partial charge in [0.2, 0.25) is 34.4 Å². The van der Waals surface area contributed by atoms with E-state index in [0.29, 0.717) is 36.4 Å². The Morgan fingerprint density at radius 1 is 0.452 bits per heavy atom. The van der Waals surface area contributed by atoms with Crippen LogP contribution in [-0.4, -0.2) is 179 Å². The van der Waals surface area contributed by atoms with Crippen LogP contribution >= 0.6 is 0 Å². The number of hydrogen-bond acceptors (Lipinski definition) is 24. The fourth-order valence-corrected chi connectivity index (χ4v) is 10.8. The van der Waals surface area contributed by atoms with Gasteiger partial charge in [0, 0.05) is 39.0 Å². The minimum atomic E-state index is -5.24. The lowest BCUT2D eigenvalue weighted by molar-refractivity contribution is 0.300. The zero-order valence-electron chi connectivity index (χ0n) is 42.1. The summed E-state index contributed by atoms with van der Waals surface area (Å²) in [4.78, 5) is 32.2. The van der Waals surface area contributed by atoms with Crippen LogP contribution in [0, 0.1) is 10.8 Å². The molecule has 84 heavy (non-hydrogen) atoms. The number of aliphatic hydroxyl groups is 4. The average Bonchev–Trinajstić information content (AvgIpc) is 3.32. The highest BCUT2D eigenvalue weighted by atomic mass is 32.2. The average molecular weight is 1290 g/mol. The quantitative estimate of drug-likeness (QED) is 0.0162. The van der Waals surface area contributed by atoms with Crippen molar-refractivity contribution in [3.05, 3.63) is 106 Å². The molecule has 0 spiro atoms. The maximum Gasteiger partial charge on any atom is 0.296 e. The van der Waals surface area contributed by atoms with Crippen LogP contribution < -0.4 is 32.3 Å². The Morgan fingerprint density at radius 3 is 1.10 bits per heavy atom. The Labute approximate surface area is 473 Å². The molecule has 6 rings (SSSR count). The minimum Gasteiger partial charge on any atom is -0.497 e. The van der Waals surface area contributed by atoms with E-state index in [1.165, 1.54) is 9.80 Å². The third-order valence-corrected chi connectivity index (χ3v) is 16.2. The second-order valence-corrected chi connectivity index (χ2v) is 25.3. The van der Waals surface area contributed by atoms with Gasteiger partial charge in [-0.2, -0.15) is 60.5 Å². The summed E-state index contributed by atoms with van der Waals surface area (Å²) in [6.45, 7) is -2.15. The number of nitrogens with zero attached hydrogens (tertiary/aromatic N) is 8. The smallest absolute Gasteiger partial charge is 0.296 e. The molecule has 2 aromatic heterocycles. The van der Waals surface area contributed by atoms with Crippen LogP contribution in [0.2, 0.25) is 0 Å². The summed E-state index contributed by atoms with van der Waals surface area (Å²) in [7, 11) is -30.8. The van der Waals surface area contributed by atoms with E-state index in [-0.39, 0.29) is 73.4 Å². The summed E-state index contributed by atoms with van der Waals surface area (Å²) in [5, 5.41) is 53.7. The maximum absolute atomic E-state index is 12.9. The topological polar surface area (TPSA) is 600 Å². The zero-order valence-corrected chi connectivity index (χ0v) is 47.0. The standard InChI is InChI=1S/C42H46N14O22S6/c43-35(59)11-13-55(15-17-57)41-51-37(49-39(53-41)47-29-21-27(79(61,62)63)7-9-31(29)81(67,68)69)45-25-5-3-23(33(19-25)83(73,74)75)1-2-24-4-6-26(20-34(24)84(76,77)78)46-38-50-40(54-42(52-38)56(16-18-58)14-12-36(44)60)48-30-22-28(80(64,65)66)8-10-32(30)82(70,71)72/h1-10,19-22,57-58H,11-18H2,(H2,43,59)(H2,44,60)(H,61,62,63)(H,64,65,66)(H,67,68,69)(H,70,71,72)(H,73,74,75)(H,76,77,78)(H2,45,47,49,51,53)(H2,46,48,50,52,54)/b2-1+. The van der Waals surface area contributed by atoms with Crippen LogP contribution in [0.3, 0.4) is 0 Å². The normalized spacial score (nSPS) is 13.7. The third kappa shape index (κ3) is 17.6. The van der Waals surface area contributed by atoms with Crippen molar-refractivity contribution >= 4 is 119 Å². The first-order valence-corrected chi connectivity index (χ1v) is 31.5. The van der Waals surface area contributed by atoms with E-state index in [0.717, 1.165) is 48.6 Å². The van der Waals surface area contributed by atoms with Crippen molar-refractivity contribution in [2.45, 2.75) is 42.2 Å². The molecule has 42 heteroatoms. The van der Waals surface area contributed by atoms with Crippen LogP contribution in [0.25, 0.3) is 12.2 Å². The predicted molar refractivity (Wildman–Crippen MR) is 289 cm³/mol. The molecule has 0 aliphatic heterocycles. The number of hydrogen-bond donors (Lipinski definition) is 16.